The number of aryl methyl sites for hydroxylation is 1. The minimum atomic E-state index is -0.531. The van der Waals surface area contributed by atoms with Crippen LogP contribution in [0.1, 0.15) is 18.1 Å². The van der Waals surface area contributed by atoms with Gasteiger partial charge in [-0.1, -0.05) is 19.1 Å². The number of nitrogens with one attached hydrogen (secondary N) is 1. The molecule has 0 saturated carbocycles. The van der Waals surface area contributed by atoms with Gasteiger partial charge in [-0.2, -0.15) is 0 Å². The minimum Gasteiger partial charge on any atom is -0.377 e. The van der Waals surface area contributed by atoms with Crippen LogP contribution in [-0.2, 0) is 13.0 Å². The van der Waals surface area contributed by atoms with E-state index in [1.165, 1.54) is 19.2 Å². The molecular weight excluding hydrogens is 247 g/mol. The molecule has 2 rings (SSSR count). The highest BCUT2D eigenvalue weighted by Crippen LogP contribution is 2.12. The third kappa shape index (κ3) is 3.48. The summed E-state index contributed by atoms with van der Waals surface area (Å²) in [7, 11) is 1.50. The molecule has 0 unspecified atom stereocenters. The van der Waals surface area contributed by atoms with E-state index in [0.717, 1.165) is 12.0 Å². The van der Waals surface area contributed by atoms with Gasteiger partial charge < -0.3 is 11.1 Å². The van der Waals surface area contributed by atoms with Crippen molar-refractivity contribution in [3.05, 3.63) is 61.7 Å². The summed E-state index contributed by atoms with van der Waals surface area (Å²) in [6.07, 6.45) is 0.827. The number of benzene rings is 1. The summed E-state index contributed by atoms with van der Waals surface area (Å²) in [5.41, 5.74) is 5.26. The van der Waals surface area contributed by atoms with Crippen molar-refractivity contribution in [3.63, 3.8) is 0 Å². The van der Waals surface area contributed by atoms with Crippen molar-refractivity contribution >= 4 is 5.69 Å². The molecule has 0 aliphatic heterocycles. The molecule has 0 saturated heterocycles. The monoisotopic (exact) mass is 264 g/mol. The Labute approximate surface area is 110 Å². The van der Waals surface area contributed by atoms with Crippen molar-refractivity contribution in [2.45, 2.75) is 19.9 Å². The predicted molar refractivity (Wildman–Crippen MR) is 74.6 cm³/mol. The second-order valence-electron chi connectivity index (χ2n) is 3.88. The van der Waals surface area contributed by atoms with Gasteiger partial charge in [0, 0.05) is 18.2 Å². The van der Waals surface area contributed by atoms with Gasteiger partial charge in [0.05, 0.1) is 5.69 Å². The molecule has 5 heteroatoms. The molecule has 102 valence electrons. The third-order valence-corrected chi connectivity index (χ3v) is 2.73. The van der Waals surface area contributed by atoms with E-state index < -0.39 is 10.9 Å². The molecule has 0 radical (unpaired) electrons. The summed E-state index contributed by atoms with van der Waals surface area (Å²) in [5, 5.41) is 2.76. The first-order chi connectivity index (χ1) is 9.11. The molecule has 3 N–H and O–H groups in total. The summed E-state index contributed by atoms with van der Waals surface area (Å²) in [5.74, 6) is -0.312. The van der Waals surface area contributed by atoms with Crippen LogP contribution in [-0.4, -0.2) is 7.05 Å². The van der Waals surface area contributed by atoms with Crippen LogP contribution in [0.2, 0.25) is 0 Å². The highest BCUT2D eigenvalue weighted by molar-refractivity contribution is 5.47. The van der Waals surface area contributed by atoms with Crippen LogP contribution in [0.15, 0.2) is 33.9 Å². The van der Waals surface area contributed by atoms with Crippen molar-refractivity contribution < 1.29 is 4.39 Å². The third-order valence-electron chi connectivity index (χ3n) is 2.73. The molecule has 2 aromatic carbocycles. The van der Waals surface area contributed by atoms with E-state index in [0.29, 0.717) is 5.56 Å². The first-order valence-corrected chi connectivity index (χ1v) is 6.01. The van der Waals surface area contributed by atoms with E-state index in [2.05, 4.69) is 11.1 Å². The Bertz CT molecular complexity index is 616. The molecule has 0 aliphatic rings. The van der Waals surface area contributed by atoms with Gasteiger partial charge in [0.1, 0.15) is 5.82 Å². The van der Waals surface area contributed by atoms with E-state index in [1.807, 2.05) is 6.92 Å². The largest absolute Gasteiger partial charge is 0.377 e. The lowest BCUT2D eigenvalue weighted by Crippen LogP contribution is -2.32. The lowest BCUT2D eigenvalue weighted by atomic mass is 10.1. The van der Waals surface area contributed by atoms with Gasteiger partial charge in [0.25, 0.3) is 0 Å². The second-order valence-corrected chi connectivity index (χ2v) is 3.88. The minimum absolute atomic E-state index is 0.213. The maximum Gasteiger partial charge on any atom is 0.248 e. The normalized spacial score (nSPS) is 9.89. The molecule has 4 nitrogen and oxygen atoms in total. The SMILES string of the molecule is CCc1ccc(F)c(CNc2cc(=O)c2=O)c1.CN. The molecule has 0 fully saturated rings. The van der Waals surface area contributed by atoms with Crippen LogP contribution in [0.5, 0.6) is 0 Å². The number of hydrogen-bond donors (Lipinski definition) is 2. The van der Waals surface area contributed by atoms with E-state index in [4.69, 9.17) is 0 Å². The second kappa shape index (κ2) is 6.80. The van der Waals surface area contributed by atoms with Crippen molar-refractivity contribution in [2.75, 3.05) is 12.4 Å². The van der Waals surface area contributed by atoms with Gasteiger partial charge in [-0.3, -0.25) is 9.59 Å². The fraction of sp³-hybridized carbons (Fsp3) is 0.286. The topological polar surface area (TPSA) is 72.2 Å². The average molecular weight is 264 g/mol. The Hall–Kier alpha value is -2.01. The maximum atomic E-state index is 13.4. The lowest BCUT2D eigenvalue weighted by Gasteiger charge is -2.08. The molecule has 2 aromatic rings. The molecule has 19 heavy (non-hydrogen) atoms. The molecule has 0 atom stereocenters. The van der Waals surface area contributed by atoms with E-state index >= 15 is 0 Å². The molecule has 0 amide bonds. The lowest BCUT2D eigenvalue weighted by molar-refractivity contribution is 0.612. The van der Waals surface area contributed by atoms with E-state index in [1.54, 1.807) is 12.1 Å². The van der Waals surface area contributed by atoms with Crippen molar-refractivity contribution in [1.82, 2.24) is 0 Å². The van der Waals surface area contributed by atoms with Gasteiger partial charge in [0.2, 0.25) is 10.9 Å². The Morgan fingerprint density at radius 3 is 2.42 bits per heavy atom. The number of anilines is 1. The molecule has 0 aliphatic carbocycles. The van der Waals surface area contributed by atoms with Crippen LogP contribution >= 0.6 is 0 Å². The molecular formula is C14H17FN2O2. The highest BCUT2D eigenvalue weighted by atomic mass is 19.1. The summed E-state index contributed by atoms with van der Waals surface area (Å²) in [6, 6.07) is 6.13. The van der Waals surface area contributed by atoms with Gasteiger partial charge in [0.15, 0.2) is 0 Å². The molecule has 0 bridgehead atoms. The number of rotatable bonds is 4. The van der Waals surface area contributed by atoms with Crippen LogP contribution < -0.4 is 21.9 Å². The Balaban J connectivity index is 0.000000861. The zero-order chi connectivity index (χ0) is 14.4. The van der Waals surface area contributed by atoms with Crippen molar-refractivity contribution in [1.29, 1.82) is 0 Å². The van der Waals surface area contributed by atoms with Crippen LogP contribution in [0.4, 0.5) is 10.1 Å². The molecule has 0 aromatic heterocycles. The smallest absolute Gasteiger partial charge is 0.248 e. The quantitative estimate of drug-likeness (QED) is 0.813. The average Bonchev–Trinajstić information content (AvgIpc) is 2.46. The molecule has 0 heterocycles. The van der Waals surface area contributed by atoms with Gasteiger partial charge in [-0.05, 0) is 25.1 Å². The Kier molecular flexibility index (Phi) is 5.38. The predicted octanol–water partition coefficient (Wildman–Crippen LogP) is 1.17. The highest BCUT2D eigenvalue weighted by Gasteiger charge is 2.09. The van der Waals surface area contributed by atoms with Crippen LogP contribution in [0.25, 0.3) is 0 Å². The Morgan fingerprint density at radius 1 is 1.21 bits per heavy atom. The van der Waals surface area contributed by atoms with Crippen LogP contribution in [0, 0.1) is 5.82 Å². The first-order valence-electron chi connectivity index (χ1n) is 6.01. The van der Waals surface area contributed by atoms with Crippen LogP contribution in [0.3, 0.4) is 0 Å². The summed E-state index contributed by atoms with van der Waals surface area (Å²) < 4.78 is 13.4. The van der Waals surface area contributed by atoms with Gasteiger partial charge >= 0.3 is 0 Å². The fourth-order valence-electron chi connectivity index (χ4n) is 1.62. The van der Waals surface area contributed by atoms with Gasteiger partial charge in [-0.15, -0.1) is 0 Å². The Morgan fingerprint density at radius 2 is 1.89 bits per heavy atom. The molecule has 0 spiro atoms. The van der Waals surface area contributed by atoms with Crippen molar-refractivity contribution in [3.8, 4) is 0 Å². The standard InChI is InChI=1S/C13H12FNO2.CH5N/c1-2-8-3-4-10(14)9(5-8)7-15-11-6-12(16)13(11)17;1-2/h3-6,15H,2,7H2,1H3;2H2,1H3. The number of nitrogens with two attached hydrogens (primary N) is 1. The summed E-state index contributed by atoms with van der Waals surface area (Å²) in [6.45, 7) is 2.20. The zero-order valence-electron chi connectivity index (χ0n) is 11.0. The van der Waals surface area contributed by atoms with E-state index in [-0.39, 0.29) is 18.0 Å². The number of halogens is 1. The summed E-state index contributed by atoms with van der Waals surface area (Å²) >= 11 is 0. The van der Waals surface area contributed by atoms with E-state index in [9.17, 15) is 14.0 Å². The first kappa shape index (κ1) is 15.0. The zero-order valence-corrected chi connectivity index (χ0v) is 11.0. The van der Waals surface area contributed by atoms with Crippen molar-refractivity contribution in [2.24, 2.45) is 5.73 Å². The number of hydrogen-bond acceptors (Lipinski definition) is 4. The fourth-order valence-corrected chi connectivity index (χ4v) is 1.62. The van der Waals surface area contributed by atoms with Gasteiger partial charge in [-0.25, -0.2) is 4.39 Å². The maximum absolute atomic E-state index is 13.4. The summed E-state index contributed by atoms with van der Waals surface area (Å²) in [4.78, 5) is 21.7.